The maximum absolute atomic E-state index is 11.5. The zero-order valence-corrected chi connectivity index (χ0v) is 40.6. The Morgan fingerprint density at radius 2 is 0.627 bits per heavy atom. The van der Waals surface area contributed by atoms with Crippen LogP contribution in [0.2, 0.25) is 0 Å². The van der Waals surface area contributed by atoms with Gasteiger partial charge in [0.15, 0.2) is 0 Å². The van der Waals surface area contributed by atoms with Crippen LogP contribution in [0.25, 0.3) is 0 Å². The van der Waals surface area contributed by atoms with Gasteiger partial charge >= 0.3 is 40.8 Å². The van der Waals surface area contributed by atoms with Crippen LogP contribution < -0.4 is 20.4 Å². The summed E-state index contributed by atoms with van der Waals surface area (Å²) in [6.45, 7) is 1.08. The Labute approximate surface area is 385 Å². The van der Waals surface area contributed by atoms with Crippen molar-refractivity contribution < 1.29 is 90.4 Å². The monoisotopic (exact) mass is 1050 g/mol. The van der Waals surface area contributed by atoms with Gasteiger partial charge in [-0.2, -0.15) is 0 Å². The maximum atomic E-state index is 11.5. The molecule has 14 heteroatoms. The van der Waals surface area contributed by atoms with Crippen LogP contribution in [0.15, 0.2) is 0 Å². The zero-order chi connectivity index (χ0) is 41.6. The van der Waals surface area contributed by atoms with Crippen molar-refractivity contribution in [3.63, 3.8) is 0 Å². The van der Waals surface area contributed by atoms with Gasteiger partial charge in [0.25, 0.3) is 5.97 Å². The number of carbonyl (C=O) groups excluding carboxylic acids is 4. The molecule has 1 N–H and O–H groups in total. The van der Waals surface area contributed by atoms with Crippen molar-refractivity contribution in [2.24, 2.45) is 47.3 Å². The molecule has 0 saturated heterocycles. The molecule has 0 aromatic heterocycles. The van der Waals surface area contributed by atoms with Crippen LogP contribution in [0, 0.1) is 47.3 Å². The van der Waals surface area contributed by atoms with E-state index in [-0.39, 0.29) is 80.4 Å². The fourth-order valence-corrected chi connectivity index (χ4v) is 16.0. The Bertz CT molecular complexity index is 1060. The first kappa shape index (κ1) is 56.6. The van der Waals surface area contributed by atoms with E-state index in [1.165, 1.54) is 69.1 Å². The molecule has 4 aliphatic carbocycles. The molecule has 59 heavy (non-hydrogen) atoms. The molecule has 0 aromatic carbocycles. The van der Waals surface area contributed by atoms with Crippen molar-refractivity contribution in [2.75, 3.05) is 37.0 Å². The number of carbonyl (C=O) groups is 5. The van der Waals surface area contributed by atoms with Gasteiger partial charge < -0.3 is 44.7 Å². The summed E-state index contributed by atoms with van der Waals surface area (Å²) in [4.78, 5) is 55.2. The smallest absolute Gasteiger partial charge is 0.550 e. The first-order chi connectivity index (χ1) is 27.3. The molecule has 0 amide bonds. The first-order valence-electron chi connectivity index (χ1n) is 22.8. The largest absolute Gasteiger partial charge is 2.00 e. The van der Waals surface area contributed by atoms with E-state index < -0.39 is 29.8 Å². The Kier molecular flexibility index (Phi) is 30.9. The van der Waals surface area contributed by atoms with Gasteiger partial charge in [0.1, 0.15) is 0 Å². The van der Waals surface area contributed by atoms with Crippen molar-refractivity contribution in [2.45, 2.75) is 167 Å². The molecule has 0 bridgehead atoms. The number of carboxylic acids is 5. The van der Waals surface area contributed by atoms with Crippen molar-refractivity contribution in [1.29, 1.82) is 0 Å². The molecule has 344 valence electrons. The van der Waals surface area contributed by atoms with E-state index in [1.807, 2.05) is 0 Å². The van der Waals surface area contributed by atoms with Crippen LogP contribution in [0.5, 0.6) is 0 Å². The summed E-state index contributed by atoms with van der Waals surface area (Å²) in [6.07, 6.45) is 32.6. The Morgan fingerprint density at radius 3 is 0.831 bits per heavy atom. The summed E-state index contributed by atoms with van der Waals surface area (Å²) in [6, 6.07) is 0. The summed E-state index contributed by atoms with van der Waals surface area (Å²) in [7, 11) is -0.262. The minimum Gasteiger partial charge on any atom is -0.550 e. The van der Waals surface area contributed by atoms with Crippen molar-refractivity contribution >= 4 is 45.7 Å². The van der Waals surface area contributed by atoms with E-state index >= 15 is 0 Å². The van der Waals surface area contributed by atoms with Gasteiger partial charge in [-0.05, 0) is 168 Å². The van der Waals surface area contributed by atoms with Crippen LogP contribution in [0.3, 0.4) is 0 Å². The van der Waals surface area contributed by atoms with E-state index in [0.29, 0.717) is 23.7 Å². The van der Waals surface area contributed by atoms with Gasteiger partial charge in [-0.1, -0.05) is 77.0 Å². The van der Waals surface area contributed by atoms with Crippen LogP contribution in [-0.2, 0) is 64.8 Å². The number of hydrogen-bond donors (Lipinski definition) is 1. The van der Waals surface area contributed by atoms with E-state index in [2.05, 4.69) is 0 Å². The minimum absolute atomic E-state index is 0. The van der Waals surface area contributed by atoms with E-state index in [4.69, 9.17) is 9.90 Å². The number of carboxylic acid groups (broad SMARTS) is 5. The third kappa shape index (κ3) is 24.3. The predicted octanol–water partition coefficient (Wildman–Crippen LogP) is 5.77. The summed E-state index contributed by atoms with van der Waals surface area (Å²) < 4.78 is 0. The second kappa shape index (κ2) is 32.2. The van der Waals surface area contributed by atoms with Gasteiger partial charge in [0.05, 0.1) is 0 Å². The molecule has 0 aromatic rings. The van der Waals surface area contributed by atoms with Gasteiger partial charge in [-0.3, -0.25) is 4.79 Å². The van der Waals surface area contributed by atoms with Gasteiger partial charge in [-0.25, -0.2) is 0 Å². The number of aliphatic carboxylic acids is 5. The Hall–Kier alpha value is -0.465. The summed E-state index contributed by atoms with van der Waals surface area (Å²) >= 11 is 0. The van der Waals surface area contributed by atoms with Crippen molar-refractivity contribution in [3.05, 3.63) is 0 Å². The summed E-state index contributed by atoms with van der Waals surface area (Å²) in [5, 5.41) is 53.6. The second-order valence-electron chi connectivity index (χ2n) is 18.3. The topological polar surface area (TPSA) is 198 Å². The van der Waals surface area contributed by atoms with Crippen LogP contribution in [-0.4, -0.2) is 71.9 Å². The maximum Gasteiger partial charge on any atom is 2.00 e. The predicted molar refractivity (Wildman–Crippen MR) is 220 cm³/mol. The molecule has 4 rings (SSSR count). The molecule has 4 fully saturated rings. The minimum atomic E-state index is -0.877. The van der Waals surface area contributed by atoms with Gasteiger partial charge in [0, 0.05) is 30.8 Å². The second-order valence-corrected chi connectivity index (χ2v) is 23.7. The molecule has 4 aliphatic rings. The van der Waals surface area contributed by atoms with E-state index in [1.54, 1.807) is 0 Å². The van der Waals surface area contributed by atoms with E-state index in [9.17, 15) is 39.6 Å². The zero-order valence-electron chi connectivity index (χ0n) is 35.7. The quantitative estimate of drug-likeness (QED) is 0.0915. The average Bonchev–Trinajstić information content (AvgIpc) is 3.17. The summed E-state index contributed by atoms with van der Waals surface area (Å²) in [5.74, 6) is -3.47. The first-order valence-corrected chi connectivity index (χ1v) is 26.6. The molecular formula is C45H74O10P2Pd2. The number of hydrogen-bond acceptors (Lipinski definition) is 9. The average molecular weight is 1050 g/mol. The molecule has 8 atom stereocenters. The standard InChI is InChI=1S/C43H74O8P2.C2H4O2.2Pd/c44-40(45)36-18-1-10-32(28-36)14-5-22-52(23-6-15-33-11-2-19-37(29-33)41(46)47)26-9-27-53(24-7-16-34-12-3-20-38(30-34)42(48)49)25-8-17-35-13-4-21-39(31-35)43(50)51;1-2(3)4;;/h32-39H,1-31H2,(H,44,45)(H,46,47)(H,48,49)(H,50,51);1H3,(H,3,4);;/q;;2*+2/p-4. The SMILES string of the molecule is CC(=O)O.O=C([O-])C1CCCC(CCCP(CCCC2CCCC(C(=O)[O-])C2)CCCP(CCCC2CCCC(C(=O)[O-])C2)CCCC2CCCC(C(=O)[O-])C2)C1.[Pd+2].[Pd+2]. The van der Waals surface area contributed by atoms with Gasteiger partial charge in [-0.15, -0.1) is 15.8 Å². The molecule has 0 radical (unpaired) electrons. The summed E-state index contributed by atoms with van der Waals surface area (Å²) in [5.41, 5.74) is 0. The van der Waals surface area contributed by atoms with Gasteiger partial charge in [0.2, 0.25) is 0 Å². The Balaban J connectivity index is 0.00000277. The van der Waals surface area contributed by atoms with E-state index in [0.717, 1.165) is 135 Å². The fraction of sp³-hybridized carbons (Fsp3) is 0.889. The number of rotatable bonds is 24. The van der Waals surface area contributed by atoms with Crippen LogP contribution in [0.4, 0.5) is 0 Å². The molecule has 0 heterocycles. The molecule has 0 aliphatic heterocycles. The normalized spacial score (nSPS) is 27.9. The molecule has 10 nitrogen and oxygen atoms in total. The third-order valence-corrected chi connectivity index (χ3v) is 19.5. The van der Waals surface area contributed by atoms with Crippen LogP contribution >= 0.6 is 15.8 Å². The fourth-order valence-electron chi connectivity index (χ4n) is 10.7. The van der Waals surface area contributed by atoms with Crippen molar-refractivity contribution in [1.82, 2.24) is 0 Å². The molecular weight excluding hydrogens is 975 g/mol. The Morgan fingerprint density at radius 1 is 0.424 bits per heavy atom. The third-order valence-electron chi connectivity index (χ3n) is 13.8. The van der Waals surface area contributed by atoms with Crippen LogP contribution in [0.1, 0.15) is 167 Å². The van der Waals surface area contributed by atoms with Crippen molar-refractivity contribution in [3.8, 4) is 0 Å². The molecule has 0 spiro atoms. The molecule has 4 saturated carbocycles. The molecule has 8 unspecified atom stereocenters.